The summed E-state index contributed by atoms with van der Waals surface area (Å²) in [6.07, 6.45) is 0. The Hall–Kier alpha value is -0.930. The van der Waals surface area contributed by atoms with Gasteiger partial charge < -0.3 is 15.2 Å². The van der Waals surface area contributed by atoms with Crippen LogP contribution in [0, 0.1) is 0 Å². The molecule has 0 fully saturated rings. The zero-order valence-electron chi connectivity index (χ0n) is 11.0. The largest absolute Gasteiger partial charge is 0.493 e. The molecule has 0 radical (unpaired) electrons. The standard InChI is InChI=1S/C13H20ClNO2/c1-7(2)11-9(8(3)15)6-10(16-4)13(17-5)12(11)14/h6-8H,15H2,1-5H3. The minimum Gasteiger partial charge on any atom is -0.493 e. The van der Waals surface area contributed by atoms with Crippen molar-refractivity contribution in [3.63, 3.8) is 0 Å². The molecule has 0 saturated carbocycles. The van der Waals surface area contributed by atoms with Gasteiger partial charge in [0.15, 0.2) is 11.5 Å². The van der Waals surface area contributed by atoms with Crippen molar-refractivity contribution in [3.05, 3.63) is 22.2 Å². The first-order valence-corrected chi connectivity index (χ1v) is 6.01. The van der Waals surface area contributed by atoms with Gasteiger partial charge in [0.1, 0.15) is 0 Å². The van der Waals surface area contributed by atoms with Gasteiger partial charge in [-0.15, -0.1) is 0 Å². The SMILES string of the molecule is COc1cc(C(C)N)c(C(C)C)c(Cl)c1OC. The summed E-state index contributed by atoms with van der Waals surface area (Å²) >= 11 is 6.38. The Morgan fingerprint density at radius 1 is 1.18 bits per heavy atom. The summed E-state index contributed by atoms with van der Waals surface area (Å²) < 4.78 is 10.6. The number of ether oxygens (including phenoxy) is 2. The van der Waals surface area contributed by atoms with Gasteiger partial charge in [0.05, 0.1) is 19.2 Å². The van der Waals surface area contributed by atoms with Crippen LogP contribution in [0.15, 0.2) is 6.07 Å². The van der Waals surface area contributed by atoms with Crippen molar-refractivity contribution in [3.8, 4) is 11.5 Å². The number of methoxy groups -OCH3 is 2. The molecule has 0 aliphatic rings. The average Bonchev–Trinajstić information content (AvgIpc) is 2.26. The van der Waals surface area contributed by atoms with Gasteiger partial charge in [0, 0.05) is 6.04 Å². The summed E-state index contributed by atoms with van der Waals surface area (Å²) in [5, 5.41) is 0.592. The number of halogens is 1. The molecule has 0 bridgehead atoms. The molecule has 0 amide bonds. The Morgan fingerprint density at radius 2 is 1.76 bits per heavy atom. The number of rotatable bonds is 4. The summed E-state index contributed by atoms with van der Waals surface area (Å²) in [7, 11) is 3.17. The van der Waals surface area contributed by atoms with Gasteiger partial charge in [-0.3, -0.25) is 0 Å². The Morgan fingerprint density at radius 3 is 2.12 bits per heavy atom. The fourth-order valence-electron chi connectivity index (χ4n) is 1.95. The van der Waals surface area contributed by atoms with E-state index in [1.165, 1.54) is 0 Å². The highest BCUT2D eigenvalue weighted by atomic mass is 35.5. The molecule has 1 unspecified atom stereocenters. The molecule has 0 aromatic heterocycles. The summed E-state index contributed by atoms with van der Waals surface area (Å²) in [5.41, 5.74) is 8.01. The molecule has 0 aliphatic heterocycles. The van der Waals surface area contributed by atoms with Gasteiger partial charge in [0.25, 0.3) is 0 Å². The van der Waals surface area contributed by atoms with E-state index in [-0.39, 0.29) is 12.0 Å². The minimum absolute atomic E-state index is 0.0929. The molecule has 2 N–H and O–H groups in total. The lowest BCUT2D eigenvalue weighted by Gasteiger charge is -2.21. The van der Waals surface area contributed by atoms with E-state index >= 15 is 0 Å². The van der Waals surface area contributed by atoms with Crippen molar-refractivity contribution in [1.82, 2.24) is 0 Å². The molecule has 0 heterocycles. The third kappa shape index (κ3) is 2.67. The predicted octanol–water partition coefficient (Wildman–Crippen LogP) is 3.50. The molecule has 0 saturated heterocycles. The average molecular weight is 258 g/mol. The van der Waals surface area contributed by atoms with Crippen molar-refractivity contribution < 1.29 is 9.47 Å². The van der Waals surface area contributed by atoms with Gasteiger partial charge in [-0.05, 0) is 30.0 Å². The summed E-state index contributed by atoms with van der Waals surface area (Å²) in [6.45, 7) is 6.10. The third-order valence-electron chi connectivity index (χ3n) is 2.75. The van der Waals surface area contributed by atoms with Crippen LogP contribution >= 0.6 is 11.6 Å². The molecule has 17 heavy (non-hydrogen) atoms. The van der Waals surface area contributed by atoms with Crippen molar-refractivity contribution in [1.29, 1.82) is 0 Å². The molecule has 1 aromatic rings. The molecule has 1 aromatic carbocycles. The van der Waals surface area contributed by atoms with Crippen molar-refractivity contribution in [2.75, 3.05) is 14.2 Å². The van der Waals surface area contributed by atoms with E-state index in [2.05, 4.69) is 13.8 Å². The van der Waals surface area contributed by atoms with Crippen molar-refractivity contribution >= 4 is 11.6 Å². The molecule has 1 atom stereocenters. The zero-order valence-corrected chi connectivity index (χ0v) is 11.8. The fraction of sp³-hybridized carbons (Fsp3) is 0.538. The first-order valence-electron chi connectivity index (χ1n) is 5.63. The normalized spacial score (nSPS) is 12.7. The highest BCUT2D eigenvalue weighted by Crippen LogP contribution is 2.43. The lowest BCUT2D eigenvalue weighted by atomic mass is 9.92. The molecule has 3 nitrogen and oxygen atoms in total. The van der Waals surface area contributed by atoms with E-state index < -0.39 is 0 Å². The maximum atomic E-state index is 6.38. The van der Waals surface area contributed by atoms with Crippen LogP contribution in [0.4, 0.5) is 0 Å². The third-order valence-corrected chi connectivity index (χ3v) is 3.12. The van der Waals surface area contributed by atoms with Crippen LogP contribution in [0.25, 0.3) is 0 Å². The predicted molar refractivity (Wildman–Crippen MR) is 71.2 cm³/mol. The second-order valence-electron chi connectivity index (χ2n) is 4.37. The van der Waals surface area contributed by atoms with E-state index in [9.17, 15) is 0 Å². The van der Waals surface area contributed by atoms with Crippen molar-refractivity contribution in [2.24, 2.45) is 5.73 Å². The van der Waals surface area contributed by atoms with Crippen LogP contribution in [0.2, 0.25) is 5.02 Å². The number of nitrogens with two attached hydrogens (primary N) is 1. The number of hydrogen-bond acceptors (Lipinski definition) is 3. The van der Waals surface area contributed by atoms with Crippen LogP contribution in [-0.4, -0.2) is 14.2 Å². The first kappa shape index (κ1) is 14.1. The highest BCUT2D eigenvalue weighted by molar-refractivity contribution is 6.33. The molecular formula is C13H20ClNO2. The zero-order chi connectivity index (χ0) is 13.2. The highest BCUT2D eigenvalue weighted by Gasteiger charge is 2.21. The summed E-state index contributed by atoms with van der Waals surface area (Å²) in [5.74, 6) is 1.47. The second kappa shape index (κ2) is 5.61. The van der Waals surface area contributed by atoms with Crippen LogP contribution in [0.1, 0.15) is 43.9 Å². The van der Waals surface area contributed by atoms with Crippen LogP contribution < -0.4 is 15.2 Å². The lowest BCUT2D eigenvalue weighted by molar-refractivity contribution is 0.353. The Balaban J connectivity index is 3.56. The second-order valence-corrected chi connectivity index (χ2v) is 4.75. The number of hydrogen-bond donors (Lipinski definition) is 1. The van der Waals surface area contributed by atoms with E-state index in [1.807, 2.05) is 13.0 Å². The molecule has 4 heteroatoms. The first-order chi connectivity index (χ1) is 7.93. The summed E-state index contributed by atoms with van der Waals surface area (Å²) in [4.78, 5) is 0. The van der Waals surface area contributed by atoms with Crippen LogP contribution in [0.5, 0.6) is 11.5 Å². The monoisotopic (exact) mass is 257 g/mol. The van der Waals surface area contributed by atoms with Crippen LogP contribution in [0.3, 0.4) is 0 Å². The maximum Gasteiger partial charge on any atom is 0.179 e. The van der Waals surface area contributed by atoms with E-state index in [4.69, 9.17) is 26.8 Å². The number of benzene rings is 1. The molecular weight excluding hydrogens is 238 g/mol. The fourth-order valence-corrected chi connectivity index (χ4v) is 2.44. The molecule has 1 rings (SSSR count). The van der Waals surface area contributed by atoms with Crippen LogP contribution in [-0.2, 0) is 0 Å². The van der Waals surface area contributed by atoms with Gasteiger partial charge in [0.2, 0.25) is 0 Å². The Bertz CT molecular complexity index is 403. The topological polar surface area (TPSA) is 44.5 Å². The van der Waals surface area contributed by atoms with Gasteiger partial charge in [-0.25, -0.2) is 0 Å². The van der Waals surface area contributed by atoms with Crippen molar-refractivity contribution in [2.45, 2.75) is 32.7 Å². The molecule has 96 valence electrons. The van der Waals surface area contributed by atoms with Gasteiger partial charge in [-0.1, -0.05) is 25.4 Å². The van der Waals surface area contributed by atoms with Gasteiger partial charge in [-0.2, -0.15) is 0 Å². The lowest BCUT2D eigenvalue weighted by Crippen LogP contribution is -2.11. The quantitative estimate of drug-likeness (QED) is 0.898. The Labute approximate surface area is 108 Å². The summed E-state index contributed by atoms with van der Waals surface area (Å²) in [6, 6.07) is 1.81. The van der Waals surface area contributed by atoms with E-state index in [1.54, 1.807) is 14.2 Å². The molecule has 0 spiro atoms. The smallest absolute Gasteiger partial charge is 0.179 e. The van der Waals surface area contributed by atoms with E-state index in [0.29, 0.717) is 16.5 Å². The van der Waals surface area contributed by atoms with E-state index in [0.717, 1.165) is 11.1 Å². The minimum atomic E-state index is -0.0929. The van der Waals surface area contributed by atoms with Gasteiger partial charge >= 0.3 is 0 Å². The molecule has 0 aliphatic carbocycles. The Kier molecular flexibility index (Phi) is 4.66. The maximum absolute atomic E-state index is 6.38.